The minimum absolute atomic E-state index is 0.713. The molecule has 2 aromatic rings. The molecule has 0 unspecified atom stereocenters. The number of nitrogens with zero attached hydrogens (tertiary/aromatic N) is 2. The Bertz CT molecular complexity index is 467. The highest BCUT2D eigenvalue weighted by molar-refractivity contribution is 5.77. The molecule has 0 aliphatic heterocycles. The quantitative estimate of drug-likeness (QED) is 0.702. The maximum Gasteiger partial charge on any atom is 0.0921 e. The van der Waals surface area contributed by atoms with Gasteiger partial charge in [0.25, 0.3) is 0 Å². The lowest BCUT2D eigenvalue weighted by atomic mass is 9.97. The molecule has 0 spiro atoms. The third kappa shape index (κ3) is 1.50. The largest absolute Gasteiger partial charge is 0.255 e. The average molecular weight is 198 g/mol. The lowest BCUT2D eigenvalue weighted by molar-refractivity contribution is 0.727. The van der Waals surface area contributed by atoms with Crippen LogP contribution in [-0.2, 0) is 0 Å². The second-order valence-corrected chi connectivity index (χ2v) is 4.25. The molecule has 1 aliphatic rings. The number of fused-ring (bicyclic) bond motifs is 1. The van der Waals surface area contributed by atoms with E-state index >= 15 is 0 Å². The number of rotatable bonds is 1. The van der Waals surface area contributed by atoms with E-state index in [-0.39, 0.29) is 0 Å². The Morgan fingerprint density at radius 1 is 1.00 bits per heavy atom. The summed E-state index contributed by atoms with van der Waals surface area (Å²) in [4.78, 5) is 8.81. The standard InChI is InChI=1S/C13H14N2/c1-2-5-10(4-1)11-7-9-14-12-6-3-8-15-13(11)12/h3,6-10H,1-2,4-5H2. The van der Waals surface area contributed by atoms with Gasteiger partial charge < -0.3 is 0 Å². The Hall–Kier alpha value is -1.44. The molecule has 0 N–H and O–H groups in total. The zero-order valence-corrected chi connectivity index (χ0v) is 8.69. The molecule has 0 bridgehead atoms. The van der Waals surface area contributed by atoms with Crippen LogP contribution in [0.2, 0.25) is 0 Å². The van der Waals surface area contributed by atoms with Crippen LogP contribution in [0.1, 0.15) is 37.2 Å². The molecule has 0 radical (unpaired) electrons. The Labute approximate surface area is 89.4 Å². The fourth-order valence-electron chi connectivity index (χ4n) is 2.57. The van der Waals surface area contributed by atoms with Crippen LogP contribution in [0.15, 0.2) is 30.6 Å². The molecular formula is C13H14N2. The number of hydrogen-bond acceptors (Lipinski definition) is 2. The van der Waals surface area contributed by atoms with Gasteiger partial charge in [0.05, 0.1) is 11.0 Å². The van der Waals surface area contributed by atoms with Crippen molar-refractivity contribution in [2.24, 2.45) is 0 Å². The molecule has 0 aromatic carbocycles. The molecule has 76 valence electrons. The average Bonchev–Trinajstić information content (AvgIpc) is 2.82. The van der Waals surface area contributed by atoms with Crippen LogP contribution in [0.5, 0.6) is 0 Å². The van der Waals surface area contributed by atoms with Gasteiger partial charge in [0.1, 0.15) is 0 Å². The highest BCUT2D eigenvalue weighted by Crippen LogP contribution is 2.36. The number of aromatic nitrogens is 2. The minimum Gasteiger partial charge on any atom is -0.255 e. The van der Waals surface area contributed by atoms with Crippen molar-refractivity contribution in [2.45, 2.75) is 31.6 Å². The molecule has 3 rings (SSSR count). The first-order valence-corrected chi connectivity index (χ1v) is 5.65. The van der Waals surface area contributed by atoms with Gasteiger partial charge in [-0.1, -0.05) is 12.8 Å². The molecule has 2 aromatic heterocycles. The molecule has 1 aliphatic carbocycles. The summed E-state index contributed by atoms with van der Waals surface area (Å²) in [5.74, 6) is 0.713. The Morgan fingerprint density at radius 3 is 2.73 bits per heavy atom. The summed E-state index contributed by atoms with van der Waals surface area (Å²) in [6, 6.07) is 6.14. The van der Waals surface area contributed by atoms with Crippen molar-refractivity contribution in [3.63, 3.8) is 0 Å². The summed E-state index contributed by atoms with van der Waals surface area (Å²) in [5, 5.41) is 0. The summed E-state index contributed by atoms with van der Waals surface area (Å²) in [7, 11) is 0. The summed E-state index contributed by atoms with van der Waals surface area (Å²) < 4.78 is 0. The van der Waals surface area contributed by atoms with Crippen LogP contribution < -0.4 is 0 Å². The molecule has 2 heterocycles. The lowest BCUT2D eigenvalue weighted by Gasteiger charge is -2.10. The Kier molecular flexibility index (Phi) is 2.13. The van der Waals surface area contributed by atoms with Gasteiger partial charge >= 0.3 is 0 Å². The zero-order valence-electron chi connectivity index (χ0n) is 8.69. The number of hydrogen-bond donors (Lipinski definition) is 0. The van der Waals surface area contributed by atoms with Crippen molar-refractivity contribution in [3.8, 4) is 0 Å². The highest BCUT2D eigenvalue weighted by atomic mass is 14.7. The topological polar surface area (TPSA) is 25.8 Å². The molecule has 0 amide bonds. The first kappa shape index (κ1) is 8.84. The fourth-order valence-corrected chi connectivity index (χ4v) is 2.57. The van der Waals surface area contributed by atoms with Crippen LogP contribution in [0.25, 0.3) is 11.0 Å². The van der Waals surface area contributed by atoms with E-state index in [1.54, 1.807) is 0 Å². The van der Waals surface area contributed by atoms with Gasteiger partial charge in [0, 0.05) is 12.4 Å². The molecule has 0 atom stereocenters. The second kappa shape index (κ2) is 3.61. The van der Waals surface area contributed by atoms with E-state index in [0.717, 1.165) is 11.0 Å². The van der Waals surface area contributed by atoms with Gasteiger partial charge in [0.2, 0.25) is 0 Å². The summed E-state index contributed by atoms with van der Waals surface area (Å²) in [6.45, 7) is 0. The first-order valence-electron chi connectivity index (χ1n) is 5.65. The predicted molar refractivity (Wildman–Crippen MR) is 60.7 cm³/mol. The first-order chi connectivity index (χ1) is 7.45. The van der Waals surface area contributed by atoms with Gasteiger partial charge in [0.15, 0.2) is 0 Å². The van der Waals surface area contributed by atoms with Crippen LogP contribution >= 0.6 is 0 Å². The van der Waals surface area contributed by atoms with E-state index in [9.17, 15) is 0 Å². The van der Waals surface area contributed by atoms with E-state index in [2.05, 4.69) is 16.0 Å². The lowest BCUT2D eigenvalue weighted by Crippen LogP contribution is -1.96. The molecule has 2 nitrogen and oxygen atoms in total. The second-order valence-electron chi connectivity index (χ2n) is 4.25. The van der Waals surface area contributed by atoms with E-state index in [1.165, 1.54) is 31.2 Å². The minimum atomic E-state index is 0.713. The van der Waals surface area contributed by atoms with E-state index in [4.69, 9.17) is 0 Å². The monoisotopic (exact) mass is 198 g/mol. The van der Waals surface area contributed by atoms with Crippen molar-refractivity contribution in [1.29, 1.82) is 0 Å². The highest BCUT2D eigenvalue weighted by Gasteiger charge is 2.19. The van der Waals surface area contributed by atoms with Crippen LogP contribution in [0.4, 0.5) is 0 Å². The van der Waals surface area contributed by atoms with E-state index < -0.39 is 0 Å². The summed E-state index contributed by atoms with van der Waals surface area (Å²) in [6.07, 6.45) is 9.13. The predicted octanol–water partition coefficient (Wildman–Crippen LogP) is 3.29. The smallest absolute Gasteiger partial charge is 0.0921 e. The normalized spacial score (nSPS) is 17.3. The van der Waals surface area contributed by atoms with Crippen molar-refractivity contribution in [3.05, 3.63) is 36.2 Å². The molecule has 2 heteroatoms. The molecule has 1 saturated carbocycles. The number of pyridine rings is 2. The maximum atomic E-state index is 4.46. The molecule has 1 fully saturated rings. The van der Waals surface area contributed by atoms with Crippen molar-refractivity contribution < 1.29 is 0 Å². The molecule has 0 saturated heterocycles. The van der Waals surface area contributed by atoms with Crippen molar-refractivity contribution in [2.75, 3.05) is 0 Å². The van der Waals surface area contributed by atoms with E-state index in [0.29, 0.717) is 5.92 Å². The van der Waals surface area contributed by atoms with Crippen molar-refractivity contribution >= 4 is 11.0 Å². The van der Waals surface area contributed by atoms with Crippen LogP contribution in [0, 0.1) is 0 Å². The maximum absolute atomic E-state index is 4.46. The third-order valence-corrected chi connectivity index (χ3v) is 3.32. The Balaban J connectivity index is 2.16. The van der Waals surface area contributed by atoms with Gasteiger partial charge in [-0.2, -0.15) is 0 Å². The van der Waals surface area contributed by atoms with Gasteiger partial charge in [-0.05, 0) is 42.5 Å². The third-order valence-electron chi connectivity index (χ3n) is 3.32. The van der Waals surface area contributed by atoms with Gasteiger partial charge in [-0.25, -0.2) is 0 Å². The molecular weight excluding hydrogens is 184 g/mol. The fraction of sp³-hybridized carbons (Fsp3) is 0.385. The van der Waals surface area contributed by atoms with Gasteiger partial charge in [-0.15, -0.1) is 0 Å². The molecule has 15 heavy (non-hydrogen) atoms. The van der Waals surface area contributed by atoms with Crippen LogP contribution in [0.3, 0.4) is 0 Å². The summed E-state index contributed by atoms with van der Waals surface area (Å²) >= 11 is 0. The Morgan fingerprint density at radius 2 is 1.87 bits per heavy atom. The SMILES string of the molecule is c1cnc2c(C3CCCC3)ccnc2c1. The zero-order chi connectivity index (χ0) is 10.1. The van der Waals surface area contributed by atoms with E-state index in [1.807, 2.05) is 24.5 Å². The van der Waals surface area contributed by atoms with Crippen LogP contribution in [-0.4, -0.2) is 9.97 Å². The van der Waals surface area contributed by atoms with Gasteiger partial charge in [-0.3, -0.25) is 9.97 Å². The van der Waals surface area contributed by atoms with Crippen molar-refractivity contribution in [1.82, 2.24) is 9.97 Å². The summed E-state index contributed by atoms with van der Waals surface area (Å²) in [5.41, 5.74) is 3.53.